The number of carbonyl (C=O) groups is 1. The predicted octanol–water partition coefficient (Wildman–Crippen LogP) is 2.25. The Labute approximate surface area is 134 Å². The lowest BCUT2D eigenvalue weighted by molar-refractivity contribution is -0.137. The Morgan fingerprint density at radius 2 is 2.00 bits per heavy atom. The molecule has 2 aromatic heterocycles. The Hall–Kier alpha value is -2.71. The number of amides is 1. The van der Waals surface area contributed by atoms with Crippen LogP contribution >= 0.6 is 0 Å². The normalized spacial score (nSPS) is 15.1. The molecule has 126 valence electrons. The highest BCUT2D eigenvalue weighted by Crippen LogP contribution is 2.31. The maximum atomic E-state index is 13.5. The third-order valence-corrected chi connectivity index (χ3v) is 3.63. The van der Waals surface area contributed by atoms with E-state index in [4.69, 9.17) is 0 Å². The van der Waals surface area contributed by atoms with Gasteiger partial charge in [-0.3, -0.25) is 9.78 Å². The van der Waals surface area contributed by atoms with Gasteiger partial charge in [0.1, 0.15) is 5.82 Å². The first-order chi connectivity index (χ1) is 11.3. The molecule has 0 spiro atoms. The number of hydrogen-bond acceptors (Lipinski definition) is 4. The highest BCUT2D eigenvalue weighted by molar-refractivity contribution is 5.94. The van der Waals surface area contributed by atoms with E-state index in [9.17, 15) is 22.4 Å². The summed E-state index contributed by atoms with van der Waals surface area (Å²) in [6.45, 7) is 0.597. The summed E-state index contributed by atoms with van der Waals surface area (Å²) in [5.74, 6) is -1.13. The predicted molar refractivity (Wildman–Crippen MR) is 76.9 cm³/mol. The molecule has 0 atom stereocenters. The van der Waals surface area contributed by atoms with E-state index in [0.717, 1.165) is 24.5 Å². The fourth-order valence-electron chi connectivity index (χ4n) is 2.35. The lowest BCUT2D eigenvalue weighted by Crippen LogP contribution is -2.59. The van der Waals surface area contributed by atoms with Gasteiger partial charge in [0.15, 0.2) is 5.82 Å². The monoisotopic (exact) mass is 340 g/mol. The van der Waals surface area contributed by atoms with Crippen molar-refractivity contribution in [2.24, 2.45) is 0 Å². The molecule has 0 aromatic carbocycles. The van der Waals surface area contributed by atoms with Gasteiger partial charge in [-0.05, 0) is 18.2 Å². The van der Waals surface area contributed by atoms with Crippen LogP contribution in [-0.4, -0.2) is 35.0 Å². The van der Waals surface area contributed by atoms with Crippen LogP contribution in [-0.2, 0) is 6.18 Å². The second-order valence-corrected chi connectivity index (χ2v) is 5.33. The van der Waals surface area contributed by atoms with Gasteiger partial charge < -0.3 is 10.2 Å². The summed E-state index contributed by atoms with van der Waals surface area (Å²) in [6, 6.07) is 2.83. The average molecular weight is 340 g/mol. The third kappa shape index (κ3) is 3.29. The van der Waals surface area contributed by atoms with Crippen molar-refractivity contribution in [2.45, 2.75) is 12.2 Å². The van der Waals surface area contributed by atoms with E-state index in [-0.39, 0.29) is 17.4 Å². The minimum absolute atomic E-state index is 0.124. The molecular weight excluding hydrogens is 328 g/mol. The molecular formula is C15H12F4N4O. The second-order valence-electron chi connectivity index (χ2n) is 5.33. The first-order valence-corrected chi connectivity index (χ1v) is 7.03. The number of halogens is 4. The average Bonchev–Trinajstić information content (AvgIpc) is 2.50. The number of pyridine rings is 2. The zero-order valence-electron chi connectivity index (χ0n) is 12.2. The molecule has 0 bridgehead atoms. The molecule has 0 radical (unpaired) electrons. The Morgan fingerprint density at radius 1 is 1.25 bits per heavy atom. The van der Waals surface area contributed by atoms with Gasteiger partial charge in [-0.25, -0.2) is 9.37 Å². The Kier molecular flexibility index (Phi) is 4.08. The molecule has 3 rings (SSSR count). The van der Waals surface area contributed by atoms with Crippen molar-refractivity contribution in [3.05, 3.63) is 53.7 Å². The standard InChI is InChI=1S/C15H12F4N4O/c16-12-6-20-3-2-11(12)14(24)22-10-7-23(8-10)13-5-9(1-4-21-13)15(17,18)19/h1-6,10H,7-8H2,(H,22,24). The van der Waals surface area contributed by atoms with E-state index in [2.05, 4.69) is 15.3 Å². The van der Waals surface area contributed by atoms with E-state index in [0.29, 0.717) is 13.1 Å². The van der Waals surface area contributed by atoms with Crippen LogP contribution in [0.3, 0.4) is 0 Å². The Bertz CT molecular complexity index is 759. The summed E-state index contributed by atoms with van der Waals surface area (Å²) >= 11 is 0. The summed E-state index contributed by atoms with van der Waals surface area (Å²) in [7, 11) is 0. The van der Waals surface area contributed by atoms with Crippen molar-refractivity contribution < 1.29 is 22.4 Å². The van der Waals surface area contributed by atoms with Gasteiger partial charge in [-0.2, -0.15) is 13.2 Å². The summed E-state index contributed by atoms with van der Waals surface area (Å²) in [6.07, 6.45) is -1.10. The molecule has 1 N–H and O–H groups in total. The summed E-state index contributed by atoms with van der Waals surface area (Å²) in [5, 5.41) is 2.62. The summed E-state index contributed by atoms with van der Waals surface area (Å²) < 4.78 is 51.5. The number of hydrogen-bond donors (Lipinski definition) is 1. The maximum Gasteiger partial charge on any atom is 0.416 e. The maximum absolute atomic E-state index is 13.5. The number of nitrogens with one attached hydrogen (secondary N) is 1. The number of carbonyl (C=O) groups excluding carboxylic acids is 1. The van der Waals surface area contributed by atoms with Crippen molar-refractivity contribution in [1.29, 1.82) is 0 Å². The van der Waals surface area contributed by atoms with Gasteiger partial charge in [-0.1, -0.05) is 0 Å². The molecule has 1 aliphatic rings. The highest BCUT2D eigenvalue weighted by Gasteiger charge is 2.34. The van der Waals surface area contributed by atoms with Crippen LogP contribution < -0.4 is 10.2 Å². The number of alkyl halides is 3. The molecule has 2 aromatic rings. The molecule has 0 aliphatic carbocycles. The number of nitrogens with zero attached hydrogens (tertiary/aromatic N) is 3. The quantitative estimate of drug-likeness (QED) is 0.871. The highest BCUT2D eigenvalue weighted by atomic mass is 19.4. The number of anilines is 1. The van der Waals surface area contributed by atoms with Crippen LogP contribution in [0.4, 0.5) is 23.4 Å². The molecule has 5 nitrogen and oxygen atoms in total. The van der Waals surface area contributed by atoms with Gasteiger partial charge in [0.25, 0.3) is 5.91 Å². The van der Waals surface area contributed by atoms with Crippen molar-refractivity contribution >= 4 is 11.7 Å². The van der Waals surface area contributed by atoms with Crippen LogP contribution in [0.5, 0.6) is 0 Å². The van der Waals surface area contributed by atoms with E-state index in [1.54, 1.807) is 4.90 Å². The van der Waals surface area contributed by atoms with Gasteiger partial charge in [0.2, 0.25) is 0 Å². The van der Waals surface area contributed by atoms with Crippen LogP contribution in [0.25, 0.3) is 0 Å². The van der Waals surface area contributed by atoms with Crippen LogP contribution in [0.15, 0.2) is 36.8 Å². The minimum Gasteiger partial charge on any atom is -0.352 e. The number of rotatable bonds is 3. The van der Waals surface area contributed by atoms with Gasteiger partial charge in [0, 0.05) is 25.5 Å². The second kappa shape index (κ2) is 6.06. The Morgan fingerprint density at radius 3 is 2.67 bits per heavy atom. The van der Waals surface area contributed by atoms with Crippen molar-refractivity contribution in [2.75, 3.05) is 18.0 Å². The molecule has 9 heteroatoms. The zero-order valence-corrected chi connectivity index (χ0v) is 12.2. The van der Waals surface area contributed by atoms with Crippen molar-refractivity contribution in [3.8, 4) is 0 Å². The molecule has 3 heterocycles. The van der Waals surface area contributed by atoms with Crippen LogP contribution in [0, 0.1) is 5.82 Å². The topological polar surface area (TPSA) is 58.1 Å². The smallest absolute Gasteiger partial charge is 0.352 e. The molecule has 1 amide bonds. The first kappa shape index (κ1) is 16.2. The molecule has 0 saturated carbocycles. The largest absolute Gasteiger partial charge is 0.416 e. The number of aromatic nitrogens is 2. The third-order valence-electron chi connectivity index (χ3n) is 3.63. The molecule has 0 unspecified atom stereocenters. The van der Waals surface area contributed by atoms with E-state index in [1.165, 1.54) is 12.3 Å². The lowest BCUT2D eigenvalue weighted by atomic mass is 10.1. The van der Waals surface area contributed by atoms with Crippen LogP contribution in [0.2, 0.25) is 0 Å². The van der Waals surface area contributed by atoms with Crippen molar-refractivity contribution in [3.63, 3.8) is 0 Å². The summed E-state index contributed by atoms with van der Waals surface area (Å²) in [5.41, 5.74) is -0.903. The molecule has 1 aliphatic heterocycles. The van der Waals surface area contributed by atoms with Gasteiger partial charge in [0.05, 0.1) is 23.4 Å². The lowest BCUT2D eigenvalue weighted by Gasteiger charge is -2.40. The van der Waals surface area contributed by atoms with Gasteiger partial charge in [-0.15, -0.1) is 0 Å². The molecule has 24 heavy (non-hydrogen) atoms. The van der Waals surface area contributed by atoms with E-state index < -0.39 is 23.5 Å². The zero-order chi connectivity index (χ0) is 17.3. The minimum atomic E-state index is -4.44. The molecule has 1 saturated heterocycles. The molecule has 1 fully saturated rings. The fraction of sp³-hybridized carbons (Fsp3) is 0.267. The first-order valence-electron chi connectivity index (χ1n) is 7.03. The van der Waals surface area contributed by atoms with Crippen LogP contribution in [0.1, 0.15) is 15.9 Å². The van der Waals surface area contributed by atoms with Crippen molar-refractivity contribution in [1.82, 2.24) is 15.3 Å². The fourth-order valence-corrected chi connectivity index (χ4v) is 2.35. The van der Waals surface area contributed by atoms with Gasteiger partial charge >= 0.3 is 6.18 Å². The van der Waals surface area contributed by atoms with E-state index >= 15 is 0 Å². The Balaban J connectivity index is 1.60. The van der Waals surface area contributed by atoms with E-state index in [1.807, 2.05) is 0 Å². The summed E-state index contributed by atoms with van der Waals surface area (Å²) in [4.78, 5) is 21.0. The SMILES string of the molecule is O=C(NC1CN(c2cc(C(F)(F)F)ccn2)C1)c1ccncc1F.